The molecule has 0 amide bonds. The van der Waals surface area contributed by atoms with Gasteiger partial charge in [0.15, 0.2) is 5.83 Å². The van der Waals surface area contributed by atoms with E-state index in [1.165, 1.54) is 0 Å². The number of rotatable bonds is 6. The van der Waals surface area contributed by atoms with Crippen molar-refractivity contribution in [2.24, 2.45) is 0 Å². The second-order valence-electron chi connectivity index (χ2n) is 4.22. The van der Waals surface area contributed by atoms with Crippen LogP contribution in [-0.2, 0) is 0 Å². The van der Waals surface area contributed by atoms with E-state index in [1.54, 1.807) is 0 Å². The van der Waals surface area contributed by atoms with E-state index in [0.717, 1.165) is 0 Å². The Bertz CT molecular complexity index is 532. The molecule has 0 radical (unpaired) electrons. The Balaban J connectivity index is 6.50. The third-order valence-electron chi connectivity index (χ3n) is 2.56. The van der Waals surface area contributed by atoms with Crippen LogP contribution < -0.4 is 0 Å². The fourth-order valence-electron chi connectivity index (χ4n) is 1.14. The van der Waals surface area contributed by atoms with Crippen LogP contribution in [0.25, 0.3) is 0 Å². The topological polar surface area (TPSA) is 0 Å². The van der Waals surface area contributed by atoms with Crippen molar-refractivity contribution in [2.75, 3.05) is 0 Å². The van der Waals surface area contributed by atoms with Gasteiger partial charge in [-0.1, -0.05) is 0 Å². The first-order valence-electron chi connectivity index (χ1n) is 5.21. The highest BCUT2D eigenvalue weighted by Gasteiger charge is 2.91. The molecule has 0 N–H and O–H groups in total. The third kappa shape index (κ3) is 3.55. The minimum atomic E-state index is -8.15. The zero-order valence-electron chi connectivity index (χ0n) is 10.8. The van der Waals surface area contributed by atoms with Gasteiger partial charge in [-0.25, -0.2) is 8.78 Å². The van der Waals surface area contributed by atoms with Gasteiger partial charge in [-0.05, 0) is 0 Å². The van der Waals surface area contributed by atoms with Gasteiger partial charge in [-0.15, -0.1) is 0 Å². The SMILES string of the molecule is F[C]([Mg][Br])=C(F)C(F)(F)C(F)(F)C(F)(F)C(F)(F)C(F)(F)C(F)(F)F. The molecule has 0 aliphatic heterocycles. The summed E-state index contributed by atoms with van der Waals surface area (Å²) in [7, 11) is 0. The average Bonchev–Trinajstić information content (AvgIpc) is 2.43. The summed E-state index contributed by atoms with van der Waals surface area (Å²) in [5.74, 6) is -43.2. The fraction of sp³-hybridized carbons (Fsp3) is 0.750. The maximum Gasteiger partial charge on any atom is 0.556 e. The largest absolute Gasteiger partial charge is 0.556 e. The van der Waals surface area contributed by atoms with Crippen molar-refractivity contribution in [1.29, 1.82) is 0 Å². The Morgan fingerprint density at radius 3 is 1.16 bits per heavy atom. The van der Waals surface area contributed by atoms with Crippen LogP contribution in [0.5, 0.6) is 0 Å². The number of alkyl halides is 13. The maximum atomic E-state index is 13.0. The van der Waals surface area contributed by atoms with Gasteiger partial charge in [0.2, 0.25) is 0 Å². The van der Waals surface area contributed by atoms with Crippen LogP contribution >= 0.6 is 12.9 Å². The Kier molecular flexibility index (Phi) is 6.81. The summed E-state index contributed by atoms with van der Waals surface area (Å²) in [6, 6.07) is 0. The molecule has 0 aliphatic rings. The van der Waals surface area contributed by atoms with E-state index in [0.29, 0.717) is 0 Å². The first-order valence-corrected chi connectivity index (χ1v) is 9.81. The van der Waals surface area contributed by atoms with E-state index in [-0.39, 0.29) is 0 Å². The molecule has 0 spiro atoms. The standard InChI is InChI=1S/C8F15.BrH.Mg/c9-1-2(10)3(11,12)4(13,14)5(15,16)6(17,18)7(19,20)8(21,22)23;;/h;1H;/q;;+1/p-1. The number of allylic oxidation sites excluding steroid dienone is 1. The zero-order valence-corrected chi connectivity index (χ0v) is 13.8. The summed E-state index contributed by atoms with van der Waals surface area (Å²) >= 11 is -0.892. The molecular weight excluding hydrogens is 485 g/mol. The molecule has 0 nitrogen and oxygen atoms in total. The van der Waals surface area contributed by atoms with E-state index < -0.39 is 63.8 Å². The van der Waals surface area contributed by atoms with Crippen molar-refractivity contribution < 1.29 is 65.9 Å². The van der Waals surface area contributed by atoms with Gasteiger partial charge < -0.3 is 0 Å². The molecule has 0 aliphatic carbocycles. The molecule has 0 saturated carbocycles. The van der Waals surface area contributed by atoms with Crippen molar-refractivity contribution >= 4 is 31.1 Å². The monoisotopic (exact) mass is 484 g/mol. The summed E-state index contributed by atoms with van der Waals surface area (Å²) in [5, 5.41) is 0. The molecule has 0 saturated heterocycles. The summed E-state index contributed by atoms with van der Waals surface area (Å²) in [6.45, 7) is 0. The van der Waals surface area contributed by atoms with Gasteiger partial charge in [-0.2, -0.15) is 57.1 Å². The Labute approximate surface area is 143 Å². The van der Waals surface area contributed by atoms with Crippen molar-refractivity contribution in [3.8, 4) is 0 Å². The van der Waals surface area contributed by atoms with Crippen LogP contribution in [0.1, 0.15) is 0 Å². The molecule has 0 bridgehead atoms. The highest BCUT2D eigenvalue weighted by Crippen LogP contribution is 2.61. The third-order valence-corrected chi connectivity index (χ3v) is 4.59. The summed E-state index contributed by atoms with van der Waals surface area (Å²) in [6.07, 6.45) is -7.56. The molecule has 0 aromatic heterocycles. The van der Waals surface area contributed by atoms with Crippen LogP contribution in [0.4, 0.5) is 65.9 Å². The molecule has 0 atom stereocenters. The normalized spacial score (nSPS) is 16.5. The molecule has 0 aromatic rings. The van der Waals surface area contributed by atoms with Crippen molar-refractivity contribution in [3.05, 3.63) is 9.78 Å². The predicted octanol–water partition coefficient (Wildman–Crippen LogP) is 5.85. The van der Waals surface area contributed by atoms with Crippen LogP contribution in [0.3, 0.4) is 0 Å². The lowest BCUT2D eigenvalue weighted by Gasteiger charge is -2.39. The Hall–Kier alpha value is -0.0638. The molecular formula is C8BrF15Mg. The number of halogens is 16. The Morgan fingerprint density at radius 2 is 0.880 bits per heavy atom. The second-order valence-corrected chi connectivity index (χ2v) is 6.79. The molecule has 17 heteroatoms. The first kappa shape index (κ1) is 24.9. The molecule has 0 unspecified atom stereocenters. The summed E-state index contributed by atoms with van der Waals surface area (Å²) < 4.78 is 186. The van der Waals surface area contributed by atoms with Crippen LogP contribution in [0, 0.1) is 0 Å². The van der Waals surface area contributed by atoms with Gasteiger partial charge in [0, 0.05) is 3.96 Å². The van der Waals surface area contributed by atoms with E-state index in [4.69, 9.17) is 0 Å². The van der Waals surface area contributed by atoms with Crippen molar-refractivity contribution in [2.45, 2.75) is 35.8 Å². The molecule has 0 heterocycles. The lowest BCUT2D eigenvalue weighted by Crippen LogP contribution is -2.70. The second kappa shape index (κ2) is 6.83. The molecule has 0 rings (SSSR count). The minimum absolute atomic E-state index is 2.01. The zero-order chi connectivity index (χ0) is 20.9. The lowest BCUT2D eigenvalue weighted by atomic mass is 9.93. The van der Waals surface area contributed by atoms with E-state index in [9.17, 15) is 65.9 Å². The summed E-state index contributed by atoms with van der Waals surface area (Å²) in [5.41, 5.74) is 0. The van der Waals surface area contributed by atoms with Gasteiger partial charge >= 0.3 is 54.0 Å². The van der Waals surface area contributed by atoms with E-state index >= 15 is 0 Å². The van der Waals surface area contributed by atoms with Gasteiger partial charge in [-0.3, -0.25) is 12.9 Å². The summed E-state index contributed by atoms with van der Waals surface area (Å²) in [4.78, 5) is 0. The van der Waals surface area contributed by atoms with Crippen LogP contribution in [0.2, 0.25) is 0 Å². The predicted molar refractivity (Wildman–Crippen MR) is 54.7 cm³/mol. The quantitative estimate of drug-likeness (QED) is 0.327. The van der Waals surface area contributed by atoms with E-state index in [1.807, 2.05) is 12.9 Å². The molecule has 0 aromatic carbocycles. The van der Waals surface area contributed by atoms with Gasteiger partial charge in [0.05, 0.1) is 0 Å². The average molecular weight is 485 g/mol. The van der Waals surface area contributed by atoms with Crippen molar-refractivity contribution in [3.63, 3.8) is 0 Å². The van der Waals surface area contributed by atoms with Gasteiger partial charge in [0.25, 0.3) is 0 Å². The molecule has 25 heavy (non-hydrogen) atoms. The Morgan fingerprint density at radius 1 is 0.560 bits per heavy atom. The van der Waals surface area contributed by atoms with Crippen LogP contribution in [0.15, 0.2) is 9.78 Å². The van der Waals surface area contributed by atoms with E-state index in [2.05, 4.69) is 0 Å². The first-order chi connectivity index (χ1) is 10.6. The highest BCUT2D eigenvalue weighted by atomic mass is 79.9. The highest BCUT2D eigenvalue weighted by molar-refractivity contribution is 9.23. The maximum absolute atomic E-state index is 13.0. The molecule has 0 fully saturated rings. The lowest BCUT2D eigenvalue weighted by molar-refractivity contribution is -0.437. The van der Waals surface area contributed by atoms with Crippen LogP contribution in [-0.4, -0.2) is 54.0 Å². The smallest absolute Gasteiger partial charge is 0.291 e. The fourth-order valence-corrected chi connectivity index (χ4v) is 2.21. The molecule has 146 valence electrons. The number of hydrogen-bond acceptors (Lipinski definition) is 0. The number of hydrogen-bond donors (Lipinski definition) is 0. The van der Waals surface area contributed by atoms with Crippen molar-refractivity contribution in [1.82, 2.24) is 0 Å². The minimum Gasteiger partial charge on any atom is -0.291 e. The van der Waals surface area contributed by atoms with Gasteiger partial charge in [0.1, 0.15) is 0 Å².